The van der Waals surface area contributed by atoms with Gasteiger partial charge in [-0.2, -0.15) is 0 Å². The maximum absolute atomic E-state index is 13.4. The number of carbonyl (C=O) groups is 1. The number of benzene rings is 3. The zero-order valence-electron chi connectivity index (χ0n) is 20.4. The van der Waals surface area contributed by atoms with E-state index in [9.17, 15) is 4.79 Å². The average molecular weight is 532 g/mol. The summed E-state index contributed by atoms with van der Waals surface area (Å²) < 4.78 is 5.30. The van der Waals surface area contributed by atoms with Gasteiger partial charge >= 0.3 is 0 Å². The molecule has 1 aliphatic heterocycles. The highest BCUT2D eigenvalue weighted by Gasteiger charge is 2.30. The van der Waals surface area contributed by atoms with E-state index in [0.717, 1.165) is 45.5 Å². The summed E-state index contributed by atoms with van der Waals surface area (Å²) in [5.41, 5.74) is 5.26. The maximum Gasteiger partial charge on any atom is 0.272 e. The molecule has 3 N–H and O–H groups in total. The van der Waals surface area contributed by atoms with Gasteiger partial charge in [0.2, 0.25) is 6.17 Å². The summed E-state index contributed by atoms with van der Waals surface area (Å²) in [5, 5.41) is 8.38. The Bertz CT molecular complexity index is 1500. The number of nitrogens with one attached hydrogen (secondary N) is 3. The van der Waals surface area contributed by atoms with Crippen molar-refractivity contribution in [3.05, 3.63) is 94.6 Å². The van der Waals surface area contributed by atoms with Gasteiger partial charge in [0.25, 0.3) is 5.91 Å². The van der Waals surface area contributed by atoms with E-state index < -0.39 is 6.17 Å². The van der Waals surface area contributed by atoms with Crippen LogP contribution in [0, 0.1) is 0 Å². The third-order valence-electron chi connectivity index (χ3n) is 6.37. The molecule has 37 heavy (non-hydrogen) atoms. The van der Waals surface area contributed by atoms with Crippen LogP contribution in [0.2, 0.25) is 5.02 Å². The van der Waals surface area contributed by atoms with Gasteiger partial charge < -0.3 is 25.3 Å². The number of halogens is 1. The van der Waals surface area contributed by atoms with E-state index in [1.807, 2.05) is 66.9 Å². The van der Waals surface area contributed by atoms with Gasteiger partial charge in [-0.1, -0.05) is 41.9 Å². The highest BCUT2D eigenvalue weighted by molar-refractivity contribution is 7.80. The van der Waals surface area contributed by atoms with Crippen molar-refractivity contribution < 1.29 is 9.53 Å². The lowest BCUT2D eigenvalue weighted by Gasteiger charge is -2.22. The molecule has 0 saturated carbocycles. The molecule has 1 aromatic heterocycles. The van der Waals surface area contributed by atoms with E-state index in [4.69, 9.17) is 33.5 Å². The van der Waals surface area contributed by atoms with Gasteiger partial charge in [0, 0.05) is 52.9 Å². The number of hydrogen-bond acceptors (Lipinski definition) is 4. The average Bonchev–Trinajstić information content (AvgIpc) is 3.28. The van der Waals surface area contributed by atoms with E-state index in [-0.39, 0.29) is 5.91 Å². The molecule has 0 aliphatic carbocycles. The van der Waals surface area contributed by atoms with Crippen molar-refractivity contribution in [1.29, 1.82) is 0 Å². The van der Waals surface area contributed by atoms with Gasteiger partial charge in [-0.25, -0.2) is 4.99 Å². The van der Waals surface area contributed by atoms with Crippen LogP contribution in [0.25, 0.3) is 10.9 Å². The molecule has 0 spiro atoms. The van der Waals surface area contributed by atoms with Gasteiger partial charge in [0.1, 0.15) is 5.75 Å². The van der Waals surface area contributed by atoms with Crippen LogP contribution in [-0.2, 0) is 11.2 Å². The summed E-state index contributed by atoms with van der Waals surface area (Å²) in [6.07, 6.45) is 1.84. The van der Waals surface area contributed by atoms with Crippen LogP contribution >= 0.6 is 23.8 Å². The molecule has 1 amide bonds. The maximum atomic E-state index is 13.4. The Hall–Kier alpha value is -3.88. The number of likely N-dealkylation sites (N-methyl/N-ethyl adjacent to an activating group) is 1. The molecule has 5 rings (SSSR count). The number of hydrogen-bond donors (Lipinski definition) is 3. The molecule has 9 heteroatoms. The van der Waals surface area contributed by atoms with Crippen molar-refractivity contribution >= 4 is 57.1 Å². The fourth-order valence-corrected chi connectivity index (χ4v) is 4.84. The van der Waals surface area contributed by atoms with Crippen LogP contribution in [0.4, 0.5) is 5.69 Å². The second kappa shape index (κ2) is 10.6. The predicted octanol–water partition coefficient (Wildman–Crippen LogP) is 4.68. The topological polar surface area (TPSA) is 81.8 Å². The number of thiocarbonyl (C=S) groups is 1. The normalized spacial score (nSPS) is 15.1. The number of amides is 1. The molecule has 7 nitrogen and oxygen atoms in total. The fraction of sp³-hybridized carbons (Fsp3) is 0.179. The molecular formula is C28H26ClN5O2S. The lowest BCUT2D eigenvalue weighted by atomic mass is 10.0. The first-order valence-electron chi connectivity index (χ1n) is 11.8. The molecule has 1 atom stereocenters. The van der Waals surface area contributed by atoms with Crippen molar-refractivity contribution in [1.82, 2.24) is 15.6 Å². The van der Waals surface area contributed by atoms with Crippen molar-refractivity contribution in [2.24, 2.45) is 4.99 Å². The molecule has 1 unspecified atom stereocenters. The molecule has 2 heterocycles. The van der Waals surface area contributed by atoms with Gasteiger partial charge in [-0.3, -0.25) is 4.79 Å². The molecular weight excluding hydrogens is 506 g/mol. The zero-order chi connectivity index (χ0) is 25.9. The second-order valence-electron chi connectivity index (χ2n) is 8.68. The number of carbonyl (C=O) groups excluding carboxylic acids is 1. The Kier molecular flexibility index (Phi) is 7.12. The number of rotatable bonds is 6. The van der Waals surface area contributed by atoms with Gasteiger partial charge in [-0.05, 0) is 54.5 Å². The Labute approximate surface area is 225 Å². The largest absolute Gasteiger partial charge is 0.497 e. The Morgan fingerprint density at radius 3 is 2.76 bits per heavy atom. The zero-order valence-corrected chi connectivity index (χ0v) is 22.0. The molecule has 3 aromatic carbocycles. The third-order valence-corrected chi connectivity index (χ3v) is 6.86. The standard InChI is InChI=1S/C28H26ClN5O2S/c1-34-24-11-8-19(29)14-22(24)25(17-6-4-3-5-7-17)32-26(27(34)35)33-28(37)30-13-12-18-16-31-23-15-20(36-2)9-10-21(18)23/h3-11,14-16,26,31H,12-13H2,1-2H3,(H2,30,33,37). The van der Waals surface area contributed by atoms with Crippen molar-refractivity contribution in [3.63, 3.8) is 0 Å². The summed E-state index contributed by atoms with van der Waals surface area (Å²) in [4.78, 5) is 23.1. The lowest BCUT2D eigenvalue weighted by Crippen LogP contribution is -2.49. The molecule has 0 fully saturated rings. The van der Waals surface area contributed by atoms with Gasteiger partial charge in [0.05, 0.1) is 18.5 Å². The molecule has 1 aliphatic rings. The Balaban J connectivity index is 1.33. The fourth-order valence-electron chi connectivity index (χ4n) is 4.45. The number of fused-ring (bicyclic) bond motifs is 2. The number of anilines is 1. The van der Waals surface area contributed by atoms with Crippen LogP contribution in [0.3, 0.4) is 0 Å². The van der Waals surface area contributed by atoms with Crippen molar-refractivity contribution in [2.75, 3.05) is 25.6 Å². The molecule has 188 valence electrons. The molecule has 0 bridgehead atoms. The van der Waals surface area contributed by atoms with E-state index >= 15 is 0 Å². The van der Waals surface area contributed by atoms with Gasteiger partial charge in [-0.15, -0.1) is 0 Å². The van der Waals surface area contributed by atoms with E-state index in [0.29, 0.717) is 22.4 Å². The highest BCUT2D eigenvalue weighted by Crippen LogP contribution is 2.30. The SMILES string of the molecule is COc1ccc2c(CCNC(=S)NC3N=C(c4ccccc4)c4cc(Cl)ccc4N(C)C3=O)c[nH]c2c1. The molecule has 4 aromatic rings. The van der Waals surface area contributed by atoms with Crippen LogP contribution in [0.15, 0.2) is 77.9 Å². The van der Waals surface area contributed by atoms with E-state index in [1.54, 1.807) is 25.1 Å². The molecule has 0 radical (unpaired) electrons. The number of H-pyrrole nitrogens is 1. The number of aliphatic imine (C=N–C) groups is 1. The summed E-state index contributed by atoms with van der Waals surface area (Å²) in [6.45, 7) is 0.590. The van der Waals surface area contributed by atoms with E-state index in [1.165, 1.54) is 0 Å². The summed E-state index contributed by atoms with van der Waals surface area (Å²) in [7, 11) is 3.38. The number of aromatic amines is 1. The highest BCUT2D eigenvalue weighted by atomic mass is 35.5. The number of ether oxygens (including phenoxy) is 1. The number of aromatic nitrogens is 1. The summed E-state index contributed by atoms with van der Waals surface area (Å²) in [6, 6.07) is 21.1. The van der Waals surface area contributed by atoms with Gasteiger partial charge in [0.15, 0.2) is 5.11 Å². The number of methoxy groups -OCH3 is 1. The van der Waals surface area contributed by atoms with Crippen LogP contribution < -0.4 is 20.3 Å². The first-order valence-corrected chi connectivity index (χ1v) is 12.6. The smallest absolute Gasteiger partial charge is 0.272 e. The minimum Gasteiger partial charge on any atom is -0.497 e. The number of nitrogens with zero attached hydrogens (tertiary/aromatic N) is 2. The summed E-state index contributed by atoms with van der Waals surface area (Å²) >= 11 is 11.9. The van der Waals surface area contributed by atoms with Crippen molar-refractivity contribution in [3.8, 4) is 5.75 Å². The van der Waals surface area contributed by atoms with Crippen LogP contribution in [-0.4, -0.2) is 48.6 Å². The van der Waals surface area contributed by atoms with Crippen LogP contribution in [0.1, 0.15) is 16.7 Å². The van der Waals surface area contributed by atoms with Crippen LogP contribution in [0.5, 0.6) is 5.75 Å². The minimum absolute atomic E-state index is 0.218. The minimum atomic E-state index is -0.896. The first-order chi connectivity index (χ1) is 17.9. The second-order valence-corrected chi connectivity index (χ2v) is 9.53. The monoisotopic (exact) mass is 531 g/mol. The predicted molar refractivity (Wildman–Crippen MR) is 153 cm³/mol. The first kappa shape index (κ1) is 24.8. The quantitative estimate of drug-likeness (QED) is 0.315. The molecule has 0 saturated heterocycles. The van der Waals surface area contributed by atoms with E-state index in [2.05, 4.69) is 15.6 Å². The third kappa shape index (κ3) is 5.16. The number of benzodiazepines with no additional fused rings is 1. The lowest BCUT2D eigenvalue weighted by molar-refractivity contribution is -0.119. The van der Waals surface area contributed by atoms with Crippen molar-refractivity contribution in [2.45, 2.75) is 12.6 Å². The Morgan fingerprint density at radius 2 is 1.97 bits per heavy atom. The Morgan fingerprint density at radius 1 is 1.16 bits per heavy atom. The summed E-state index contributed by atoms with van der Waals surface area (Å²) in [5.74, 6) is 0.589.